The lowest BCUT2D eigenvalue weighted by atomic mass is 10.1. The number of aromatic nitrogens is 3. The second kappa shape index (κ2) is 5.88. The molecule has 1 N–H and O–H groups in total. The maximum Gasteiger partial charge on any atom is 0.253 e. The summed E-state index contributed by atoms with van der Waals surface area (Å²) in [4.78, 5) is 12.6. The summed E-state index contributed by atoms with van der Waals surface area (Å²) < 4.78 is 1.87. The zero-order valence-corrected chi connectivity index (χ0v) is 12.2. The first kappa shape index (κ1) is 13.5. The summed E-state index contributed by atoms with van der Waals surface area (Å²) in [5.41, 5.74) is 0.924. The van der Waals surface area contributed by atoms with Gasteiger partial charge in [-0.25, -0.2) is 0 Å². The van der Waals surface area contributed by atoms with E-state index in [1.807, 2.05) is 66.3 Å². The van der Waals surface area contributed by atoms with Crippen LogP contribution < -0.4 is 5.32 Å². The highest BCUT2D eigenvalue weighted by molar-refractivity contribution is 7.15. The van der Waals surface area contributed by atoms with Gasteiger partial charge in [0.2, 0.25) is 5.13 Å². The zero-order valence-electron chi connectivity index (χ0n) is 11.4. The highest BCUT2D eigenvalue weighted by atomic mass is 32.1. The smallest absolute Gasteiger partial charge is 0.253 e. The molecule has 0 unspecified atom stereocenters. The van der Waals surface area contributed by atoms with Gasteiger partial charge in [0.15, 0.2) is 0 Å². The maximum atomic E-state index is 12.6. The lowest BCUT2D eigenvalue weighted by Crippen LogP contribution is -2.26. The van der Waals surface area contributed by atoms with Crippen LogP contribution >= 0.6 is 11.3 Å². The van der Waals surface area contributed by atoms with Crippen molar-refractivity contribution in [3.8, 4) is 0 Å². The molecule has 0 aliphatic heterocycles. The van der Waals surface area contributed by atoms with Crippen molar-refractivity contribution < 1.29 is 4.79 Å². The van der Waals surface area contributed by atoms with Crippen molar-refractivity contribution in [2.24, 2.45) is 0 Å². The van der Waals surface area contributed by atoms with E-state index in [0.29, 0.717) is 5.13 Å². The van der Waals surface area contributed by atoms with E-state index in [9.17, 15) is 4.79 Å². The van der Waals surface area contributed by atoms with Gasteiger partial charge in [-0.1, -0.05) is 41.7 Å². The molecule has 0 aliphatic rings. The number of benzene rings is 1. The molecule has 3 rings (SSSR count). The molecule has 1 aromatic carbocycles. The molecule has 2 heterocycles. The van der Waals surface area contributed by atoms with Crippen molar-refractivity contribution in [1.82, 2.24) is 14.8 Å². The summed E-state index contributed by atoms with van der Waals surface area (Å²) in [6.45, 7) is 1.86. The number of hydrogen-bond donors (Lipinski definition) is 1. The number of hydrogen-bond acceptors (Lipinski definition) is 4. The fraction of sp³-hybridized carbons (Fsp3) is 0.133. The lowest BCUT2D eigenvalue weighted by Gasteiger charge is -2.18. The molecular formula is C15H14N4OS. The Kier molecular flexibility index (Phi) is 3.79. The normalized spacial score (nSPS) is 12.0. The van der Waals surface area contributed by atoms with Crippen molar-refractivity contribution >= 4 is 22.4 Å². The molecule has 1 amide bonds. The molecular weight excluding hydrogens is 284 g/mol. The van der Waals surface area contributed by atoms with E-state index in [1.165, 1.54) is 11.3 Å². The highest BCUT2D eigenvalue weighted by Gasteiger charge is 2.22. The van der Waals surface area contributed by atoms with E-state index in [2.05, 4.69) is 15.5 Å². The molecule has 3 aromatic rings. The molecule has 6 heteroatoms. The largest absolute Gasteiger partial charge is 0.338 e. The van der Waals surface area contributed by atoms with Gasteiger partial charge in [-0.05, 0) is 24.6 Å². The van der Waals surface area contributed by atoms with Gasteiger partial charge in [-0.15, -0.1) is 10.2 Å². The fourth-order valence-corrected chi connectivity index (χ4v) is 2.73. The molecule has 1 atom stereocenters. The van der Waals surface area contributed by atoms with Gasteiger partial charge in [0.05, 0.1) is 0 Å². The van der Waals surface area contributed by atoms with Gasteiger partial charge in [0.25, 0.3) is 5.91 Å². The molecule has 0 radical (unpaired) electrons. The summed E-state index contributed by atoms with van der Waals surface area (Å²) in [5, 5.41) is 12.0. The van der Waals surface area contributed by atoms with Gasteiger partial charge < -0.3 is 4.57 Å². The first-order chi connectivity index (χ1) is 10.2. The van der Waals surface area contributed by atoms with Crippen molar-refractivity contribution in [3.05, 3.63) is 65.4 Å². The molecule has 0 saturated carbocycles. The average Bonchev–Trinajstić information content (AvgIpc) is 3.13. The van der Waals surface area contributed by atoms with Crippen LogP contribution in [0.2, 0.25) is 0 Å². The zero-order chi connectivity index (χ0) is 14.7. The topological polar surface area (TPSA) is 59.8 Å². The third-order valence-electron chi connectivity index (χ3n) is 3.05. The van der Waals surface area contributed by atoms with Crippen LogP contribution in [-0.2, 0) is 4.79 Å². The molecule has 0 fully saturated rings. The first-order valence-electron chi connectivity index (χ1n) is 6.52. The Morgan fingerprint density at radius 2 is 1.86 bits per heavy atom. The molecule has 106 valence electrons. The van der Waals surface area contributed by atoms with Crippen molar-refractivity contribution in [3.63, 3.8) is 0 Å². The monoisotopic (exact) mass is 298 g/mol. The average molecular weight is 298 g/mol. The minimum atomic E-state index is -0.426. The van der Waals surface area contributed by atoms with Crippen molar-refractivity contribution in [2.75, 3.05) is 5.32 Å². The molecule has 0 saturated heterocycles. The van der Waals surface area contributed by atoms with Gasteiger partial charge in [-0.2, -0.15) is 0 Å². The minimum Gasteiger partial charge on any atom is -0.338 e. The van der Waals surface area contributed by atoms with E-state index in [1.54, 1.807) is 0 Å². The Bertz CT molecular complexity index is 721. The van der Waals surface area contributed by atoms with E-state index in [-0.39, 0.29) is 5.91 Å². The van der Waals surface area contributed by atoms with Crippen LogP contribution in [-0.4, -0.2) is 20.7 Å². The number of amides is 1. The van der Waals surface area contributed by atoms with Crippen LogP contribution in [0.3, 0.4) is 0 Å². The van der Waals surface area contributed by atoms with E-state index in [0.717, 1.165) is 10.6 Å². The highest BCUT2D eigenvalue weighted by Crippen LogP contribution is 2.22. The van der Waals surface area contributed by atoms with Gasteiger partial charge in [-0.3, -0.25) is 10.1 Å². The summed E-state index contributed by atoms with van der Waals surface area (Å²) >= 11 is 1.36. The van der Waals surface area contributed by atoms with Crippen LogP contribution in [0.5, 0.6) is 0 Å². The Morgan fingerprint density at radius 1 is 1.14 bits per heavy atom. The third-order valence-corrected chi connectivity index (χ3v) is 3.80. The van der Waals surface area contributed by atoms with Crippen LogP contribution in [0.25, 0.3) is 0 Å². The minimum absolute atomic E-state index is 0.131. The molecule has 0 spiro atoms. The molecule has 5 nitrogen and oxygen atoms in total. The van der Waals surface area contributed by atoms with E-state index in [4.69, 9.17) is 0 Å². The predicted molar refractivity (Wildman–Crippen MR) is 82.3 cm³/mol. The summed E-state index contributed by atoms with van der Waals surface area (Å²) in [5.74, 6) is -0.131. The Labute approximate surface area is 126 Å². The Hall–Kier alpha value is -2.47. The predicted octanol–water partition coefficient (Wildman–Crippen LogP) is 2.88. The lowest BCUT2D eigenvalue weighted by molar-refractivity contribution is -0.118. The summed E-state index contributed by atoms with van der Waals surface area (Å²) in [6.07, 6.45) is 3.76. The second-order valence-electron chi connectivity index (χ2n) is 4.56. The Balaban J connectivity index is 1.90. The SMILES string of the molecule is Cc1nnc(NC(=O)[C@@H](c2ccccc2)n2cccc2)s1. The van der Waals surface area contributed by atoms with Crippen molar-refractivity contribution in [2.45, 2.75) is 13.0 Å². The van der Waals surface area contributed by atoms with Gasteiger partial charge >= 0.3 is 0 Å². The Morgan fingerprint density at radius 3 is 2.48 bits per heavy atom. The third kappa shape index (κ3) is 3.00. The molecule has 0 bridgehead atoms. The molecule has 0 aliphatic carbocycles. The number of rotatable bonds is 4. The number of anilines is 1. The summed E-state index contributed by atoms with van der Waals surface area (Å²) in [6, 6.07) is 13.0. The van der Waals surface area contributed by atoms with Crippen LogP contribution in [0.1, 0.15) is 16.6 Å². The summed E-state index contributed by atoms with van der Waals surface area (Å²) in [7, 11) is 0. The number of nitrogens with zero attached hydrogens (tertiary/aromatic N) is 3. The number of aryl methyl sites for hydroxylation is 1. The van der Waals surface area contributed by atoms with E-state index < -0.39 is 6.04 Å². The van der Waals surface area contributed by atoms with Crippen LogP contribution in [0.4, 0.5) is 5.13 Å². The standard InChI is InChI=1S/C15H14N4OS/c1-11-17-18-15(21-11)16-14(20)13(19-9-5-6-10-19)12-7-3-2-4-8-12/h2-10,13H,1H3,(H,16,18,20)/t13-/m1/s1. The van der Waals surface area contributed by atoms with Crippen LogP contribution in [0, 0.1) is 6.92 Å². The fourth-order valence-electron chi connectivity index (χ4n) is 2.14. The first-order valence-corrected chi connectivity index (χ1v) is 7.34. The van der Waals surface area contributed by atoms with Gasteiger partial charge in [0.1, 0.15) is 11.0 Å². The molecule has 2 aromatic heterocycles. The maximum absolute atomic E-state index is 12.6. The number of nitrogens with one attached hydrogen (secondary N) is 1. The second-order valence-corrected chi connectivity index (χ2v) is 5.74. The van der Waals surface area contributed by atoms with Crippen LogP contribution in [0.15, 0.2) is 54.9 Å². The quantitative estimate of drug-likeness (QED) is 0.805. The van der Waals surface area contributed by atoms with E-state index >= 15 is 0 Å². The van der Waals surface area contributed by atoms with Gasteiger partial charge in [0, 0.05) is 12.4 Å². The number of carbonyl (C=O) groups excluding carboxylic acids is 1. The molecule has 21 heavy (non-hydrogen) atoms. The van der Waals surface area contributed by atoms with Crippen molar-refractivity contribution in [1.29, 1.82) is 0 Å². The number of carbonyl (C=O) groups is 1.